The molecule has 0 aromatic heterocycles. The van der Waals surface area contributed by atoms with Crippen LogP contribution in [0.2, 0.25) is 0 Å². The van der Waals surface area contributed by atoms with Crippen molar-refractivity contribution >= 4 is 33.2 Å². The number of anilines is 2. The second-order valence-corrected chi connectivity index (χ2v) is 5.39. The van der Waals surface area contributed by atoms with Crippen molar-refractivity contribution in [3.63, 3.8) is 0 Å². The molecule has 0 aliphatic heterocycles. The lowest BCUT2D eigenvalue weighted by molar-refractivity contribution is -0.114. The third kappa shape index (κ3) is 4.39. The number of hydrogen-bond acceptors (Lipinski definition) is 4. The largest absolute Gasteiger partial charge is 0.497 e. The van der Waals surface area contributed by atoms with Crippen molar-refractivity contribution in [2.45, 2.75) is 0 Å². The Balaban J connectivity index is 1.94. The Morgan fingerprint density at radius 3 is 2.45 bits per heavy atom. The number of carbonyl (C=O) groups is 1. The van der Waals surface area contributed by atoms with Crippen LogP contribution in [0, 0.1) is 0 Å². The minimum atomic E-state index is -0.139. The molecule has 0 radical (unpaired) electrons. The standard InChI is InChI=1S/C16H17BrN2O3/c1-21-13-7-8-14(15(9-13)22-2)18-10-16(20)19-12-5-3-11(17)4-6-12/h3-9,18H,10H2,1-2H3,(H,19,20). The van der Waals surface area contributed by atoms with Gasteiger partial charge >= 0.3 is 0 Å². The van der Waals surface area contributed by atoms with E-state index >= 15 is 0 Å². The van der Waals surface area contributed by atoms with E-state index < -0.39 is 0 Å². The molecule has 0 spiro atoms. The van der Waals surface area contributed by atoms with Crippen LogP contribution in [0.3, 0.4) is 0 Å². The Morgan fingerprint density at radius 2 is 1.82 bits per heavy atom. The second kappa shape index (κ2) is 7.70. The molecule has 2 aromatic carbocycles. The maximum atomic E-state index is 11.9. The Hall–Kier alpha value is -2.21. The zero-order valence-corrected chi connectivity index (χ0v) is 13.9. The van der Waals surface area contributed by atoms with Gasteiger partial charge in [0.1, 0.15) is 11.5 Å². The molecule has 2 N–H and O–H groups in total. The van der Waals surface area contributed by atoms with Crippen molar-refractivity contribution < 1.29 is 14.3 Å². The van der Waals surface area contributed by atoms with Crippen LogP contribution >= 0.6 is 15.9 Å². The fourth-order valence-corrected chi connectivity index (χ4v) is 2.12. The summed E-state index contributed by atoms with van der Waals surface area (Å²) in [7, 11) is 3.16. The van der Waals surface area contributed by atoms with E-state index in [-0.39, 0.29) is 12.5 Å². The van der Waals surface area contributed by atoms with E-state index in [1.54, 1.807) is 26.4 Å². The molecule has 0 bridgehead atoms. The number of nitrogens with one attached hydrogen (secondary N) is 2. The molecule has 5 nitrogen and oxygen atoms in total. The third-order valence-corrected chi connectivity index (χ3v) is 3.50. The number of rotatable bonds is 6. The van der Waals surface area contributed by atoms with E-state index in [1.165, 1.54) is 0 Å². The highest BCUT2D eigenvalue weighted by Gasteiger charge is 2.07. The van der Waals surface area contributed by atoms with Gasteiger partial charge in [0.05, 0.1) is 26.5 Å². The number of hydrogen-bond donors (Lipinski definition) is 2. The maximum Gasteiger partial charge on any atom is 0.243 e. The van der Waals surface area contributed by atoms with Gasteiger partial charge in [0.25, 0.3) is 0 Å². The highest BCUT2D eigenvalue weighted by Crippen LogP contribution is 2.28. The number of methoxy groups -OCH3 is 2. The third-order valence-electron chi connectivity index (χ3n) is 2.98. The number of benzene rings is 2. The minimum absolute atomic E-state index is 0.138. The maximum absolute atomic E-state index is 11.9. The number of ether oxygens (including phenoxy) is 2. The quantitative estimate of drug-likeness (QED) is 0.823. The van der Waals surface area contributed by atoms with Gasteiger partial charge in [-0.25, -0.2) is 0 Å². The van der Waals surface area contributed by atoms with Crippen LogP contribution in [0.15, 0.2) is 46.9 Å². The summed E-state index contributed by atoms with van der Waals surface area (Å²) >= 11 is 3.35. The van der Waals surface area contributed by atoms with Crippen LogP contribution in [-0.2, 0) is 4.79 Å². The molecule has 0 saturated heterocycles. The Bertz CT molecular complexity index is 644. The van der Waals surface area contributed by atoms with E-state index in [2.05, 4.69) is 26.6 Å². The number of amides is 1. The van der Waals surface area contributed by atoms with Gasteiger partial charge in [-0.2, -0.15) is 0 Å². The molecule has 0 fully saturated rings. The Morgan fingerprint density at radius 1 is 1.09 bits per heavy atom. The van der Waals surface area contributed by atoms with Crippen LogP contribution in [0.5, 0.6) is 11.5 Å². The lowest BCUT2D eigenvalue weighted by Crippen LogP contribution is -2.21. The van der Waals surface area contributed by atoms with Crippen molar-refractivity contribution in [3.8, 4) is 11.5 Å². The van der Waals surface area contributed by atoms with Crippen LogP contribution in [0.1, 0.15) is 0 Å². The van der Waals surface area contributed by atoms with Crippen molar-refractivity contribution in [1.29, 1.82) is 0 Å². The van der Waals surface area contributed by atoms with Gasteiger partial charge in [-0.15, -0.1) is 0 Å². The molecule has 0 atom stereocenters. The lowest BCUT2D eigenvalue weighted by atomic mass is 10.2. The van der Waals surface area contributed by atoms with E-state index in [0.717, 1.165) is 15.8 Å². The van der Waals surface area contributed by atoms with Crippen molar-refractivity contribution in [1.82, 2.24) is 0 Å². The predicted octanol–water partition coefficient (Wildman–Crippen LogP) is 3.52. The summed E-state index contributed by atoms with van der Waals surface area (Å²) in [5, 5.41) is 5.86. The fourth-order valence-electron chi connectivity index (χ4n) is 1.86. The lowest BCUT2D eigenvalue weighted by Gasteiger charge is -2.12. The summed E-state index contributed by atoms with van der Waals surface area (Å²) in [6.45, 7) is 0.138. The van der Waals surface area contributed by atoms with Crippen LogP contribution in [0.25, 0.3) is 0 Å². The molecular weight excluding hydrogens is 348 g/mol. The van der Waals surface area contributed by atoms with Crippen molar-refractivity contribution in [3.05, 3.63) is 46.9 Å². The van der Waals surface area contributed by atoms with E-state index in [9.17, 15) is 4.79 Å². The van der Waals surface area contributed by atoms with E-state index in [1.807, 2.05) is 30.3 Å². The van der Waals surface area contributed by atoms with Crippen LogP contribution in [0.4, 0.5) is 11.4 Å². The van der Waals surface area contributed by atoms with Gasteiger partial charge in [-0.05, 0) is 36.4 Å². The Kier molecular flexibility index (Phi) is 5.66. The Labute approximate surface area is 137 Å². The summed E-state index contributed by atoms with van der Waals surface area (Å²) in [5.74, 6) is 1.18. The molecule has 2 rings (SSSR count). The molecule has 0 aliphatic rings. The number of halogens is 1. The molecule has 0 aliphatic carbocycles. The van der Waals surface area contributed by atoms with Gasteiger partial charge in [0.15, 0.2) is 0 Å². The zero-order chi connectivity index (χ0) is 15.9. The van der Waals surface area contributed by atoms with Crippen LogP contribution in [-0.4, -0.2) is 26.7 Å². The molecule has 1 amide bonds. The zero-order valence-electron chi connectivity index (χ0n) is 12.4. The molecule has 2 aromatic rings. The summed E-state index contributed by atoms with van der Waals surface area (Å²) < 4.78 is 11.4. The van der Waals surface area contributed by atoms with Gasteiger partial charge in [0, 0.05) is 16.2 Å². The highest BCUT2D eigenvalue weighted by atomic mass is 79.9. The second-order valence-electron chi connectivity index (χ2n) is 4.47. The van der Waals surface area contributed by atoms with Gasteiger partial charge < -0.3 is 20.1 Å². The van der Waals surface area contributed by atoms with Gasteiger partial charge in [0.2, 0.25) is 5.91 Å². The molecule has 0 saturated carbocycles. The number of carbonyl (C=O) groups excluding carboxylic acids is 1. The summed E-state index contributed by atoms with van der Waals surface area (Å²) in [4.78, 5) is 11.9. The molecule has 0 unspecified atom stereocenters. The first kappa shape index (κ1) is 16.2. The average Bonchev–Trinajstić information content (AvgIpc) is 2.55. The summed E-state index contributed by atoms with van der Waals surface area (Å²) in [5.41, 5.74) is 1.48. The topological polar surface area (TPSA) is 59.6 Å². The first-order chi connectivity index (χ1) is 10.6. The molecule has 116 valence electrons. The van der Waals surface area contributed by atoms with Gasteiger partial charge in [-0.1, -0.05) is 15.9 Å². The SMILES string of the molecule is COc1ccc(NCC(=O)Nc2ccc(Br)cc2)c(OC)c1. The predicted molar refractivity (Wildman–Crippen MR) is 90.8 cm³/mol. The molecule has 6 heteroatoms. The van der Waals surface area contributed by atoms with Gasteiger partial charge in [-0.3, -0.25) is 4.79 Å². The fraction of sp³-hybridized carbons (Fsp3) is 0.188. The normalized spacial score (nSPS) is 9.95. The van der Waals surface area contributed by atoms with Crippen molar-refractivity contribution in [2.24, 2.45) is 0 Å². The summed E-state index contributed by atoms with van der Waals surface area (Å²) in [6.07, 6.45) is 0. The van der Waals surface area contributed by atoms with Crippen molar-refractivity contribution in [2.75, 3.05) is 31.4 Å². The smallest absolute Gasteiger partial charge is 0.243 e. The first-order valence-electron chi connectivity index (χ1n) is 6.63. The molecule has 0 heterocycles. The first-order valence-corrected chi connectivity index (χ1v) is 7.43. The van der Waals surface area contributed by atoms with Crippen LogP contribution < -0.4 is 20.1 Å². The highest BCUT2D eigenvalue weighted by molar-refractivity contribution is 9.10. The minimum Gasteiger partial charge on any atom is -0.497 e. The average molecular weight is 365 g/mol. The van der Waals surface area contributed by atoms with E-state index in [0.29, 0.717) is 11.5 Å². The van der Waals surface area contributed by atoms with E-state index in [4.69, 9.17) is 9.47 Å². The monoisotopic (exact) mass is 364 g/mol. The molecular formula is C16H17BrN2O3. The molecule has 22 heavy (non-hydrogen) atoms. The summed E-state index contributed by atoms with van der Waals surface area (Å²) in [6, 6.07) is 12.8.